The van der Waals surface area contributed by atoms with Crippen molar-refractivity contribution in [2.24, 2.45) is 0 Å². The molecule has 0 aliphatic carbocycles. The maximum absolute atomic E-state index is 9.87. The van der Waals surface area contributed by atoms with E-state index in [9.17, 15) is 5.11 Å². The molecule has 2 aromatic carbocycles. The highest BCUT2D eigenvalue weighted by Crippen LogP contribution is 2.15. The van der Waals surface area contributed by atoms with Crippen molar-refractivity contribution in [3.8, 4) is 11.8 Å². The normalized spacial score (nSPS) is 11.4. The lowest BCUT2D eigenvalue weighted by molar-refractivity contribution is 0.238. The molecule has 90 valence electrons. The first kappa shape index (κ1) is 12.7. The predicted molar refractivity (Wildman–Crippen MR) is 74.3 cm³/mol. The number of benzene rings is 2. The van der Waals surface area contributed by atoms with Gasteiger partial charge in [-0.1, -0.05) is 65.9 Å². The zero-order chi connectivity index (χ0) is 12.8. The molecule has 1 unspecified atom stereocenters. The van der Waals surface area contributed by atoms with Crippen LogP contribution in [0.4, 0.5) is 0 Å². The lowest BCUT2D eigenvalue weighted by Gasteiger charge is -2.02. The molecule has 0 aromatic heterocycles. The van der Waals surface area contributed by atoms with Gasteiger partial charge in [0.2, 0.25) is 0 Å². The van der Waals surface area contributed by atoms with Crippen molar-refractivity contribution in [2.75, 3.05) is 0 Å². The molecule has 0 aliphatic rings. The zero-order valence-electron chi connectivity index (χ0n) is 9.81. The van der Waals surface area contributed by atoms with Crippen molar-refractivity contribution in [1.82, 2.24) is 0 Å². The maximum Gasteiger partial charge on any atom is 0.140 e. The van der Waals surface area contributed by atoms with Crippen molar-refractivity contribution < 1.29 is 5.11 Å². The van der Waals surface area contributed by atoms with Crippen molar-refractivity contribution in [2.45, 2.75) is 12.5 Å². The number of hydrogen-bond donors (Lipinski definition) is 1. The smallest absolute Gasteiger partial charge is 0.140 e. The molecule has 2 rings (SSSR count). The fourth-order valence-corrected chi connectivity index (χ4v) is 1.70. The van der Waals surface area contributed by atoms with Gasteiger partial charge in [-0.05, 0) is 23.3 Å². The van der Waals surface area contributed by atoms with Crippen LogP contribution in [0.2, 0.25) is 5.02 Å². The van der Waals surface area contributed by atoms with Gasteiger partial charge in [0.25, 0.3) is 0 Å². The molecule has 0 fully saturated rings. The summed E-state index contributed by atoms with van der Waals surface area (Å²) in [6.45, 7) is 0. The second-order valence-corrected chi connectivity index (χ2v) is 4.37. The highest BCUT2D eigenvalue weighted by atomic mass is 35.5. The first-order valence-corrected chi connectivity index (χ1v) is 6.09. The van der Waals surface area contributed by atoms with E-state index in [4.69, 9.17) is 11.6 Å². The molecule has 0 bridgehead atoms. The van der Waals surface area contributed by atoms with Crippen molar-refractivity contribution in [3.05, 3.63) is 70.7 Å². The molecule has 0 saturated heterocycles. The van der Waals surface area contributed by atoms with Crippen LogP contribution in [0, 0.1) is 11.8 Å². The van der Waals surface area contributed by atoms with Crippen LogP contribution in [-0.2, 0) is 6.42 Å². The maximum atomic E-state index is 9.87. The third-order valence-corrected chi connectivity index (χ3v) is 2.81. The Morgan fingerprint density at radius 3 is 2.33 bits per heavy atom. The Morgan fingerprint density at radius 1 is 1.00 bits per heavy atom. The zero-order valence-corrected chi connectivity index (χ0v) is 10.6. The summed E-state index contributed by atoms with van der Waals surface area (Å²) in [7, 11) is 0. The Morgan fingerprint density at radius 2 is 1.67 bits per heavy atom. The van der Waals surface area contributed by atoms with Gasteiger partial charge in [-0.15, -0.1) is 0 Å². The Labute approximate surface area is 112 Å². The SMILES string of the molecule is OC(C#CCc1ccccc1)c1ccc(Cl)cc1. The third-order valence-electron chi connectivity index (χ3n) is 2.56. The molecule has 0 radical (unpaired) electrons. The summed E-state index contributed by atoms with van der Waals surface area (Å²) in [6, 6.07) is 17.0. The van der Waals surface area contributed by atoms with Gasteiger partial charge in [0.1, 0.15) is 6.10 Å². The molecule has 1 N–H and O–H groups in total. The van der Waals surface area contributed by atoms with E-state index in [0.717, 1.165) is 11.1 Å². The molecule has 1 nitrogen and oxygen atoms in total. The highest BCUT2D eigenvalue weighted by Gasteiger charge is 2.02. The molecule has 0 heterocycles. The van der Waals surface area contributed by atoms with Gasteiger partial charge in [0, 0.05) is 11.4 Å². The molecule has 18 heavy (non-hydrogen) atoms. The van der Waals surface area contributed by atoms with Gasteiger partial charge >= 0.3 is 0 Å². The summed E-state index contributed by atoms with van der Waals surface area (Å²) in [5.74, 6) is 5.81. The van der Waals surface area contributed by atoms with E-state index in [0.29, 0.717) is 11.4 Å². The van der Waals surface area contributed by atoms with Gasteiger partial charge in [-0.2, -0.15) is 0 Å². The van der Waals surface area contributed by atoms with Crippen LogP contribution in [0.5, 0.6) is 0 Å². The molecule has 0 spiro atoms. The summed E-state index contributed by atoms with van der Waals surface area (Å²) in [5.41, 5.74) is 1.91. The average molecular weight is 257 g/mol. The van der Waals surface area contributed by atoms with E-state index < -0.39 is 6.10 Å². The second kappa shape index (κ2) is 6.26. The molecular formula is C16H13ClO. The first-order chi connectivity index (χ1) is 8.75. The second-order valence-electron chi connectivity index (χ2n) is 3.94. The fourth-order valence-electron chi connectivity index (χ4n) is 1.57. The first-order valence-electron chi connectivity index (χ1n) is 5.71. The van der Waals surface area contributed by atoms with Gasteiger partial charge in [-0.25, -0.2) is 0 Å². The highest BCUT2D eigenvalue weighted by molar-refractivity contribution is 6.30. The quantitative estimate of drug-likeness (QED) is 0.814. The summed E-state index contributed by atoms with van der Waals surface area (Å²) in [6.07, 6.45) is -0.114. The van der Waals surface area contributed by atoms with Crippen LogP contribution in [0.3, 0.4) is 0 Å². The third kappa shape index (κ3) is 3.63. The number of hydrogen-bond acceptors (Lipinski definition) is 1. The monoisotopic (exact) mass is 256 g/mol. The predicted octanol–water partition coefficient (Wildman–Crippen LogP) is 3.62. The van der Waals surface area contributed by atoms with Crippen LogP contribution in [0.25, 0.3) is 0 Å². The molecule has 1 atom stereocenters. The van der Waals surface area contributed by atoms with Gasteiger partial charge in [-0.3, -0.25) is 0 Å². The van der Waals surface area contributed by atoms with Crippen LogP contribution in [-0.4, -0.2) is 5.11 Å². The van der Waals surface area contributed by atoms with Gasteiger partial charge < -0.3 is 5.11 Å². The minimum atomic E-state index is -0.758. The largest absolute Gasteiger partial charge is 0.376 e. The summed E-state index contributed by atoms with van der Waals surface area (Å²) in [4.78, 5) is 0. The molecule has 2 heteroatoms. The van der Waals surface area contributed by atoms with E-state index in [1.54, 1.807) is 24.3 Å². The Hall–Kier alpha value is -1.75. The van der Waals surface area contributed by atoms with E-state index in [2.05, 4.69) is 11.8 Å². The van der Waals surface area contributed by atoms with Crippen LogP contribution in [0.1, 0.15) is 17.2 Å². The van der Waals surface area contributed by atoms with Crippen molar-refractivity contribution in [3.63, 3.8) is 0 Å². The molecule has 0 aliphatic heterocycles. The van der Waals surface area contributed by atoms with Gasteiger partial charge in [0.05, 0.1) is 0 Å². The Bertz CT molecular complexity index is 549. The minimum Gasteiger partial charge on any atom is -0.376 e. The fraction of sp³-hybridized carbons (Fsp3) is 0.125. The summed E-state index contributed by atoms with van der Waals surface area (Å²) in [5, 5.41) is 10.5. The molecule has 0 amide bonds. The number of aliphatic hydroxyl groups is 1. The lowest BCUT2D eigenvalue weighted by Crippen LogP contribution is -1.93. The average Bonchev–Trinajstić information content (AvgIpc) is 2.40. The molecule has 2 aromatic rings. The van der Waals surface area contributed by atoms with Crippen LogP contribution in [0.15, 0.2) is 54.6 Å². The van der Waals surface area contributed by atoms with E-state index >= 15 is 0 Å². The number of halogens is 1. The topological polar surface area (TPSA) is 20.2 Å². The molecule has 0 saturated carbocycles. The summed E-state index contributed by atoms with van der Waals surface area (Å²) >= 11 is 5.78. The van der Waals surface area contributed by atoms with Crippen molar-refractivity contribution in [1.29, 1.82) is 0 Å². The Kier molecular flexibility index (Phi) is 4.41. The van der Waals surface area contributed by atoms with Crippen LogP contribution < -0.4 is 0 Å². The van der Waals surface area contributed by atoms with E-state index in [1.165, 1.54) is 0 Å². The van der Waals surface area contributed by atoms with E-state index in [1.807, 2.05) is 30.3 Å². The lowest BCUT2D eigenvalue weighted by atomic mass is 10.1. The standard InChI is InChI=1S/C16H13ClO/c17-15-11-9-14(10-12-15)16(18)8-4-7-13-5-2-1-3-6-13/h1-3,5-6,9-12,16,18H,7H2. The number of rotatable bonds is 2. The minimum absolute atomic E-state index is 0.644. The summed E-state index contributed by atoms with van der Waals surface area (Å²) < 4.78 is 0. The van der Waals surface area contributed by atoms with Crippen LogP contribution >= 0.6 is 11.6 Å². The molecular weight excluding hydrogens is 244 g/mol. The van der Waals surface area contributed by atoms with Crippen molar-refractivity contribution >= 4 is 11.6 Å². The number of aliphatic hydroxyl groups excluding tert-OH is 1. The van der Waals surface area contributed by atoms with Gasteiger partial charge in [0.15, 0.2) is 0 Å². The Balaban J connectivity index is 2.00. The van der Waals surface area contributed by atoms with E-state index in [-0.39, 0.29) is 0 Å².